The van der Waals surface area contributed by atoms with E-state index in [2.05, 4.69) is 411 Å². The normalized spacial score (nSPS) is 11.8. The highest BCUT2D eigenvalue weighted by atomic mass is 15.1. The summed E-state index contributed by atoms with van der Waals surface area (Å²) in [4.78, 5) is 15.4. The lowest BCUT2D eigenvalue weighted by Crippen LogP contribution is -1.97. The van der Waals surface area contributed by atoms with Crippen LogP contribution >= 0.6 is 0 Å². The molecule has 0 amide bonds. The molecule has 0 atom stereocenters. The molecular formula is C107H68N8. The van der Waals surface area contributed by atoms with Gasteiger partial charge < -0.3 is 18.3 Å². The van der Waals surface area contributed by atoms with Crippen molar-refractivity contribution in [2.24, 2.45) is 0 Å². The molecular weight excluding hydrogens is 1400 g/mol. The van der Waals surface area contributed by atoms with E-state index in [9.17, 15) is 0 Å². The molecule has 115 heavy (non-hydrogen) atoms. The van der Waals surface area contributed by atoms with Crippen LogP contribution < -0.4 is 0 Å². The molecule has 7 heterocycles. The van der Waals surface area contributed by atoms with Crippen LogP contribution in [0.3, 0.4) is 0 Å². The van der Waals surface area contributed by atoms with Crippen molar-refractivity contribution in [3.05, 3.63) is 413 Å². The van der Waals surface area contributed by atoms with Crippen molar-refractivity contribution < 1.29 is 0 Å². The van der Waals surface area contributed by atoms with Crippen LogP contribution in [0.25, 0.3) is 215 Å². The first kappa shape index (κ1) is 65.4. The largest absolute Gasteiger partial charge is 0.309 e. The molecule has 8 nitrogen and oxygen atoms in total. The number of benzene rings is 17. The molecule has 0 saturated carbocycles. The Balaban J connectivity index is 0.000000136. The van der Waals surface area contributed by atoms with E-state index in [1.165, 1.54) is 125 Å². The van der Waals surface area contributed by atoms with Crippen molar-refractivity contribution in [2.75, 3.05) is 0 Å². The second-order valence-corrected chi connectivity index (χ2v) is 29.9. The zero-order valence-corrected chi connectivity index (χ0v) is 62.3. The van der Waals surface area contributed by atoms with E-state index in [-0.39, 0.29) is 0 Å². The first-order valence-corrected chi connectivity index (χ1v) is 39.2. The summed E-state index contributed by atoms with van der Waals surface area (Å²) in [5, 5.41) is 17.1. The van der Waals surface area contributed by atoms with Gasteiger partial charge in [0, 0.05) is 99.5 Å². The van der Waals surface area contributed by atoms with Gasteiger partial charge in [-0.15, -0.1) is 0 Å². The summed E-state index contributed by atoms with van der Waals surface area (Å²) >= 11 is 0. The molecule has 0 aliphatic heterocycles. The predicted octanol–water partition coefficient (Wildman–Crippen LogP) is 27.7. The molecule has 8 heteroatoms. The minimum Gasteiger partial charge on any atom is -0.309 e. The fraction of sp³-hybridized carbons (Fsp3) is 0. The topological polar surface area (TPSA) is 63.3 Å². The van der Waals surface area contributed by atoms with Gasteiger partial charge in [0.15, 0.2) is 5.82 Å². The predicted molar refractivity (Wildman–Crippen MR) is 480 cm³/mol. The lowest BCUT2D eigenvalue weighted by atomic mass is 10.00. The highest BCUT2D eigenvalue weighted by Crippen LogP contribution is 2.46. The second-order valence-electron chi connectivity index (χ2n) is 29.9. The number of para-hydroxylation sites is 4. The van der Waals surface area contributed by atoms with E-state index < -0.39 is 0 Å². The maximum Gasteiger partial charge on any atom is 0.160 e. The Morgan fingerprint density at radius 2 is 0.565 bits per heavy atom. The Bertz CT molecular complexity index is 7920. The molecule has 0 aliphatic rings. The van der Waals surface area contributed by atoms with Crippen molar-refractivity contribution in [1.82, 2.24) is 37.8 Å². The quantitative estimate of drug-likeness (QED) is 0.137. The Morgan fingerprint density at radius 3 is 1.19 bits per heavy atom. The van der Waals surface area contributed by atoms with E-state index in [0.29, 0.717) is 5.82 Å². The number of pyridine rings is 1. The van der Waals surface area contributed by atoms with Gasteiger partial charge in [-0.2, -0.15) is 0 Å². The summed E-state index contributed by atoms with van der Waals surface area (Å²) in [6.45, 7) is 0. The molecule has 17 aromatic carbocycles. The third kappa shape index (κ3) is 10.8. The van der Waals surface area contributed by atoms with Crippen molar-refractivity contribution >= 4 is 131 Å². The standard InChI is InChI=1S/C56H36N4.C51H32N4/c1-5-16-37(17-6-1)41-23-15-26-44(32-41)60-52-33-42(56-57-49(39-19-7-2-8-20-39)36-50(58-56)40-21-9-3-10-22-40)28-30-46(52)47-34-54-48(35-53(47)60)55-45-27-14-13-18-38(45)29-31-51(55)59(54)43-24-11-4-12-25-43;1-3-15-37(16-4-1)53-45-20-10-9-19-39(45)40-28-35(22-24-46(40)53)36-23-25-47-41(29-36)43-31-49-44(32-50(43)55(47)51-21-11-12-26-52-51)42-27-33-13-7-8-14-34(33)30-48(42)54(49)38-17-5-2-6-18-38/h1-36H;1-32H. The average Bonchev–Trinajstić information content (AvgIpc) is 1.55. The lowest BCUT2D eigenvalue weighted by molar-refractivity contribution is 1.08. The van der Waals surface area contributed by atoms with E-state index >= 15 is 0 Å². The third-order valence-corrected chi connectivity index (χ3v) is 23.3. The molecule has 0 unspecified atom stereocenters. The molecule has 24 aromatic rings. The summed E-state index contributed by atoms with van der Waals surface area (Å²) in [7, 11) is 0. The molecule has 536 valence electrons. The van der Waals surface area contributed by atoms with Crippen molar-refractivity contribution in [2.45, 2.75) is 0 Å². The molecule has 0 bridgehead atoms. The Kier molecular flexibility index (Phi) is 15.1. The molecule has 0 N–H and O–H groups in total. The minimum atomic E-state index is 0.685. The molecule has 7 aromatic heterocycles. The van der Waals surface area contributed by atoms with E-state index in [1.54, 1.807) is 0 Å². The van der Waals surface area contributed by atoms with Gasteiger partial charge >= 0.3 is 0 Å². The monoisotopic (exact) mass is 1460 g/mol. The van der Waals surface area contributed by atoms with Crippen LogP contribution in [0, 0.1) is 0 Å². The number of hydrogen-bond donors (Lipinski definition) is 0. The Morgan fingerprint density at radius 1 is 0.174 bits per heavy atom. The van der Waals surface area contributed by atoms with Crippen molar-refractivity contribution in [1.29, 1.82) is 0 Å². The first-order valence-electron chi connectivity index (χ1n) is 39.2. The van der Waals surface area contributed by atoms with Gasteiger partial charge in [-0.3, -0.25) is 4.57 Å². The van der Waals surface area contributed by atoms with Gasteiger partial charge in [-0.1, -0.05) is 261 Å². The van der Waals surface area contributed by atoms with E-state index in [1.807, 2.05) is 24.4 Å². The van der Waals surface area contributed by atoms with Crippen molar-refractivity contribution in [3.8, 4) is 84.7 Å². The summed E-state index contributed by atoms with van der Waals surface area (Å²) in [5.41, 5.74) is 25.8. The van der Waals surface area contributed by atoms with Crippen LogP contribution in [0.1, 0.15) is 0 Å². The molecule has 0 radical (unpaired) electrons. The molecule has 0 spiro atoms. The smallest absolute Gasteiger partial charge is 0.160 e. The minimum absolute atomic E-state index is 0.685. The first-order chi connectivity index (χ1) is 57.0. The Labute approximate surface area is 661 Å². The second kappa shape index (κ2) is 26.6. The van der Waals surface area contributed by atoms with Crippen LogP contribution in [-0.2, 0) is 0 Å². The molecule has 0 saturated heterocycles. The van der Waals surface area contributed by atoms with Gasteiger partial charge in [0.05, 0.1) is 66.6 Å². The van der Waals surface area contributed by atoms with Gasteiger partial charge in [0.1, 0.15) is 5.82 Å². The SMILES string of the molecule is c1ccc(-c2cccc(-n3c4cc(-c5nc(-c6ccccc6)cc(-c6ccccc6)n5)ccc4c4cc5c(cc43)c3c4ccccc4ccc3n5-c3ccccc3)c2)cc1.c1ccc(-n2c3ccccc3c3cc(-c4ccc5c(c4)c4cc6c(cc4n5-c4ccccn4)c4cc5ccccc5cc4n6-c4ccccc4)ccc32)cc1. The van der Waals surface area contributed by atoms with Crippen LogP contribution in [0.4, 0.5) is 0 Å². The summed E-state index contributed by atoms with van der Waals surface area (Å²) in [6, 6.07) is 146. The summed E-state index contributed by atoms with van der Waals surface area (Å²) < 4.78 is 12.0. The van der Waals surface area contributed by atoms with Gasteiger partial charge in [0.25, 0.3) is 0 Å². The average molecular weight is 1470 g/mol. The van der Waals surface area contributed by atoms with E-state index in [0.717, 1.165) is 84.1 Å². The van der Waals surface area contributed by atoms with Crippen LogP contribution in [0.5, 0.6) is 0 Å². The molecule has 0 fully saturated rings. The van der Waals surface area contributed by atoms with Crippen LogP contribution in [0.15, 0.2) is 413 Å². The number of hydrogen-bond acceptors (Lipinski definition) is 3. The summed E-state index contributed by atoms with van der Waals surface area (Å²) in [6.07, 6.45) is 1.88. The highest BCUT2D eigenvalue weighted by molar-refractivity contribution is 6.26. The third-order valence-electron chi connectivity index (χ3n) is 23.3. The van der Waals surface area contributed by atoms with Crippen LogP contribution in [0.2, 0.25) is 0 Å². The molecule has 24 rings (SSSR count). The van der Waals surface area contributed by atoms with Gasteiger partial charge in [-0.05, 0) is 189 Å². The van der Waals surface area contributed by atoms with Gasteiger partial charge in [-0.25, -0.2) is 15.0 Å². The zero-order valence-electron chi connectivity index (χ0n) is 62.3. The number of rotatable bonds is 10. The van der Waals surface area contributed by atoms with Crippen molar-refractivity contribution in [3.63, 3.8) is 0 Å². The number of nitrogens with zero attached hydrogens (tertiary/aromatic N) is 8. The number of fused-ring (bicyclic) bond motifs is 18. The fourth-order valence-corrected chi connectivity index (χ4v) is 18.1. The van der Waals surface area contributed by atoms with Crippen LogP contribution in [-0.4, -0.2) is 37.8 Å². The molecule has 0 aliphatic carbocycles. The fourth-order valence-electron chi connectivity index (χ4n) is 18.1. The number of aromatic nitrogens is 8. The highest BCUT2D eigenvalue weighted by Gasteiger charge is 2.25. The van der Waals surface area contributed by atoms with E-state index in [4.69, 9.17) is 15.0 Å². The Hall–Kier alpha value is -15.5. The maximum absolute atomic E-state index is 5.24. The summed E-state index contributed by atoms with van der Waals surface area (Å²) in [5.74, 6) is 1.59. The van der Waals surface area contributed by atoms with Gasteiger partial charge in [0.2, 0.25) is 0 Å². The maximum atomic E-state index is 5.24. The lowest BCUT2D eigenvalue weighted by Gasteiger charge is -2.12. The zero-order chi connectivity index (χ0) is 75.6.